The fourth-order valence-electron chi connectivity index (χ4n) is 3.56. The van der Waals surface area contributed by atoms with Gasteiger partial charge >= 0.3 is 0 Å². The maximum absolute atomic E-state index is 12.4. The first-order valence-corrected chi connectivity index (χ1v) is 10.0. The van der Waals surface area contributed by atoms with Crippen LogP contribution in [0.5, 0.6) is 0 Å². The Morgan fingerprint density at radius 1 is 1.28 bits per heavy atom. The fraction of sp³-hybridized carbons (Fsp3) is 0.409. The first-order chi connectivity index (χ1) is 14.1. The van der Waals surface area contributed by atoms with E-state index in [1.807, 2.05) is 41.1 Å². The lowest BCUT2D eigenvalue weighted by Crippen LogP contribution is -2.34. The highest BCUT2D eigenvalue weighted by Gasteiger charge is 2.25. The summed E-state index contributed by atoms with van der Waals surface area (Å²) in [4.78, 5) is 24.7. The van der Waals surface area contributed by atoms with Gasteiger partial charge in [-0.15, -0.1) is 0 Å². The Balaban J connectivity index is 1.52. The van der Waals surface area contributed by atoms with E-state index in [9.17, 15) is 14.9 Å². The maximum atomic E-state index is 12.4. The van der Waals surface area contributed by atoms with Crippen LogP contribution in [0, 0.1) is 11.3 Å². The number of rotatable bonds is 7. The molecule has 7 nitrogen and oxygen atoms in total. The van der Waals surface area contributed by atoms with Crippen LogP contribution in [-0.2, 0) is 20.9 Å². The van der Waals surface area contributed by atoms with Crippen molar-refractivity contribution in [3.05, 3.63) is 41.6 Å². The van der Waals surface area contributed by atoms with E-state index in [0.29, 0.717) is 6.54 Å². The average Bonchev–Trinajstić information content (AvgIpc) is 3.26. The number of nitriles is 1. The molecule has 29 heavy (non-hydrogen) atoms. The minimum absolute atomic E-state index is 0.0719. The molecule has 1 saturated heterocycles. The number of carbonyl (C=O) groups is 2. The number of ether oxygens (including phenoxy) is 1. The van der Waals surface area contributed by atoms with Crippen LogP contribution < -0.4 is 10.6 Å². The topological polar surface area (TPSA) is 96.2 Å². The molecule has 1 unspecified atom stereocenters. The Labute approximate surface area is 169 Å². The van der Waals surface area contributed by atoms with Gasteiger partial charge in [0.25, 0.3) is 5.91 Å². The molecular weight excluding hydrogens is 368 g/mol. The molecule has 4 rings (SSSR count). The molecule has 2 N–H and O–H groups in total. The third-order valence-electron chi connectivity index (χ3n) is 5.26. The van der Waals surface area contributed by atoms with Crippen LogP contribution in [0.3, 0.4) is 0 Å². The van der Waals surface area contributed by atoms with E-state index in [4.69, 9.17) is 4.74 Å². The lowest BCUT2D eigenvalue weighted by Gasteiger charge is -2.11. The molecule has 0 bridgehead atoms. The van der Waals surface area contributed by atoms with Gasteiger partial charge in [0.1, 0.15) is 18.2 Å². The minimum Gasteiger partial charge on any atom is -0.376 e. The van der Waals surface area contributed by atoms with E-state index < -0.39 is 0 Å². The third kappa shape index (κ3) is 4.66. The highest BCUT2D eigenvalue weighted by Crippen LogP contribution is 2.24. The summed E-state index contributed by atoms with van der Waals surface area (Å²) in [6, 6.07) is 9.84. The summed E-state index contributed by atoms with van der Waals surface area (Å²) in [5.74, 6) is -0.440. The van der Waals surface area contributed by atoms with Gasteiger partial charge in [-0.2, -0.15) is 5.26 Å². The fourth-order valence-corrected chi connectivity index (χ4v) is 3.56. The van der Waals surface area contributed by atoms with Crippen molar-refractivity contribution in [2.24, 2.45) is 0 Å². The summed E-state index contributed by atoms with van der Waals surface area (Å²) in [7, 11) is 0. The summed E-state index contributed by atoms with van der Waals surface area (Å²) in [5, 5.41) is 16.1. The number of benzene rings is 1. The normalized spacial score (nSPS) is 19.1. The van der Waals surface area contributed by atoms with Gasteiger partial charge < -0.3 is 19.9 Å². The van der Waals surface area contributed by atoms with Gasteiger partial charge in [-0.05, 0) is 37.8 Å². The van der Waals surface area contributed by atoms with Gasteiger partial charge in [0.15, 0.2) is 0 Å². The molecule has 1 aliphatic heterocycles. The largest absolute Gasteiger partial charge is 0.376 e. The van der Waals surface area contributed by atoms with Gasteiger partial charge in [0, 0.05) is 41.9 Å². The van der Waals surface area contributed by atoms with E-state index in [0.717, 1.165) is 48.8 Å². The van der Waals surface area contributed by atoms with E-state index >= 15 is 0 Å². The molecule has 2 fully saturated rings. The van der Waals surface area contributed by atoms with Gasteiger partial charge in [0.2, 0.25) is 5.91 Å². The van der Waals surface area contributed by atoms with E-state index in [1.54, 1.807) is 6.08 Å². The van der Waals surface area contributed by atoms with Crippen LogP contribution in [0.1, 0.15) is 31.2 Å². The Morgan fingerprint density at radius 2 is 2.10 bits per heavy atom. The molecule has 1 aliphatic carbocycles. The molecule has 2 amide bonds. The molecule has 1 aromatic carbocycles. The van der Waals surface area contributed by atoms with E-state index in [2.05, 4.69) is 10.6 Å². The quantitative estimate of drug-likeness (QED) is 0.557. The minimum atomic E-state index is -0.346. The van der Waals surface area contributed by atoms with E-state index in [1.165, 1.54) is 0 Å². The molecule has 2 aliphatic rings. The average molecular weight is 392 g/mol. The van der Waals surface area contributed by atoms with Crippen molar-refractivity contribution >= 4 is 28.8 Å². The molecule has 1 aromatic heterocycles. The summed E-state index contributed by atoms with van der Waals surface area (Å²) >= 11 is 0. The Hall–Kier alpha value is -3.11. The molecule has 0 radical (unpaired) electrons. The number of para-hydroxylation sites is 1. The van der Waals surface area contributed by atoms with Crippen LogP contribution in [0.25, 0.3) is 17.0 Å². The molecule has 1 saturated carbocycles. The van der Waals surface area contributed by atoms with Gasteiger partial charge in [0.05, 0.1) is 6.10 Å². The van der Waals surface area contributed by atoms with Crippen molar-refractivity contribution in [1.82, 2.24) is 15.2 Å². The molecule has 0 spiro atoms. The summed E-state index contributed by atoms with van der Waals surface area (Å²) < 4.78 is 7.39. The number of amides is 2. The number of nitrogens with one attached hydrogen (secondary N) is 2. The van der Waals surface area contributed by atoms with Crippen LogP contribution in [0.15, 0.2) is 36.0 Å². The van der Waals surface area contributed by atoms with Crippen LogP contribution in [-0.4, -0.2) is 41.7 Å². The molecule has 150 valence electrons. The number of hydrogen-bond acceptors (Lipinski definition) is 4. The van der Waals surface area contributed by atoms with E-state index in [-0.39, 0.29) is 36.1 Å². The predicted octanol–water partition coefficient (Wildman–Crippen LogP) is 2.12. The number of fused-ring (bicyclic) bond motifs is 1. The molecule has 2 heterocycles. The number of aromatic nitrogens is 1. The van der Waals surface area contributed by atoms with Crippen molar-refractivity contribution in [1.29, 1.82) is 5.26 Å². The van der Waals surface area contributed by atoms with Crippen molar-refractivity contribution in [3.8, 4) is 6.07 Å². The number of carbonyl (C=O) groups excluding carboxylic acids is 2. The highest BCUT2D eigenvalue weighted by atomic mass is 16.5. The number of hydrogen-bond donors (Lipinski definition) is 2. The van der Waals surface area contributed by atoms with Crippen LogP contribution in [0.2, 0.25) is 0 Å². The zero-order valence-electron chi connectivity index (χ0n) is 16.2. The second-order valence-electron chi connectivity index (χ2n) is 7.59. The van der Waals surface area contributed by atoms with Gasteiger partial charge in [-0.3, -0.25) is 9.59 Å². The maximum Gasteiger partial charge on any atom is 0.262 e. The zero-order chi connectivity index (χ0) is 20.2. The van der Waals surface area contributed by atoms with Crippen LogP contribution in [0.4, 0.5) is 0 Å². The lowest BCUT2D eigenvalue weighted by molar-refractivity contribution is -0.122. The standard InChI is InChI=1S/C22H24N4O3/c23-11-15(22(28)25-17-7-8-17)10-16-13-26(20-6-2-1-5-19(16)20)14-21(27)24-12-18-4-3-9-29-18/h1-2,5-6,10,13,17-18H,3-4,7-9,12,14H2,(H,24,27)(H,25,28). The first-order valence-electron chi connectivity index (χ1n) is 10.0. The summed E-state index contributed by atoms with van der Waals surface area (Å²) in [5.41, 5.74) is 1.70. The second kappa shape index (κ2) is 8.50. The van der Waals surface area contributed by atoms with Gasteiger partial charge in [-0.25, -0.2) is 0 Å². The molecule has 2 aromatic rings. The Kier molecular flexibility index (Phi) is 5.63. The highest BCUT2D eigenvalue weighted by molar-refractivity contribution is 6.04. The zero-order valence-corrected chi connectivity index (χ0v) is 16.2. The van der Waals surface area contributed by atoms with Crippen molar-refractivity contribution in [2.75, 3.05) is 13.2 Å². The van der Waals surface area contributed by atoms with Crippen molar-refractivity contribution < 1.29 is 14.3 Å². The Morgan fingerprint density at radius 3 is 2.83 bits per heavy atom. The molecule has 1 atom stereocenters. The summed E-state index contributed by atoms with van der Waals surface area (Å²) in [6.07, 6.45) is 7.45. The summed E-state index contributed by atoms with van der Waals surface area (Å²) in [6.45, 7) is 1.44. The second-order valence-corrected chi connectivity index (χ2v) is 7.59. The van der Waals surface area contributed by atoms with Gasteiger partial charge in [-0.1, -0.05) is 18.2 Å². The van der Waals surface area contributed by atoms with Crippen molar-refractivity contribution in [3.63, 3.8) is 0 Å². The van der Waals surface area contributed by atoms with Crippen molar-refractivity contribution in [2.45, 2.75) is 44.4 Å². The lowest BCUT2D eigenvalue weighted by atomic mass is 10.1. The number of nitrogens with zero attached hydrogens (tertiary/aromatic N) is 2. The third-order valence-corrected chi connectivity index (χ3v) is 5.26. The Bertz CT molecular complexity index is 991. The predicted molar refractivity (Wildman–Crippen MR) is 109 cm³/mol. The SMILES string of the molecule is N#CC(=Cc1cn(CC(=O)NCC2CCCO2)c2ccccc12)C(=O)NC1CC1. The first kappa shape index (κ1) is 19.2. The smallest absolute Gasteiger partial charge is 0.262 e. The molecule has 7 heteroatoms. The molecular formula is C22H24N4O3. The van der Waals surface area contributed by atoms with Crippen LogP contribution >= 0.6 is 0 Å². The monoisotopic (exact) mass is 392 g/mol.